The monoisotopic (exact) mass is 420 g/mol. The highest BCUT2D eigenvalue weighted by Gasteiger charge is 2.26. The Balaban J connectivity index is 4.02. The average Bonchev–Trinajstić information content (AvgIpc) is 2.64. The van der Waals surface area contributed by atoms with Gasteiger partial charge in [-0.2, -0.15) is 0 Å². The lowest BCUT2D eigenvalue weighted by Crippen LogP contribution is -2.22. The second-order valence-corrected chi connectivity index (χ2v) is 12.2. The molecule has 0 aromatic rings. The molecule has 0 saturated carbocycles. The lowest BCUT2D eigenvalue weighted by Gasteiger charge is -2.33. The number of hydrogen-bond acceptors (Lipinski definition) is 0. The van der Waals surface area contributed by atoms with Gasteiger partial charge in [0.15, 0.2) is 0 Å². The van der Waals surface area contributed by atoms with Crippen LogP contribution in [0.2, 0.25) is 0 Å². The van der Waals surface area contributed by atoms with Gasteiger partial charge in [-0.25, -0.2) is 0 Å². The molecule has 0 bridgehead atoms. The molecule has 30 heavy (non-hydrogen) atoms. The van der Waals surface area contributed by atoms with Crippen LogP contribution in [0, 0.1) is 35.0 Å². The van der Waals surface area contributed by atoms with E-state index in [1.165, 1.54) is 89.0 Å². The lowest BCUT2D eigenvalue weighted by molar-refractivity contribution is 0.177. The van der Waals surface area contributed by atoms with Crippen LogP contribution in [0.4, 0.5) is 0 Å². The predicted molar refractivity (Wildman–Crippen MR) is 140 cm³/mol. The third kappa shape index (κ3) is 15.5. The minimum Gasteiger partial charge on any atom is -0.100 e. The summed E-state index contributed by atoms with van der Waals surface area (Å²) < 4.78 is 0. The largest absolute Gasteiger partial charge is 0.100 e. The van der Waals surface area contributed by atoms with E-state index in [1.807, 2.05) is 0 Å². The van der Waals surface area contributed by atoms with Crippen molar-refractivity contribution in [2.24, 2.45) is 35.0 Å². The number of rotatable bonds is 19. The molecule has 0 nitrogen and oxygen atoms in total. The van der Waals surface area contributed by atoms with E-state index in [4.69, 9.17) is 0 Å². The number of allylic oxidation sites excluding steroid dienone is 1. The summed E-state index contributed by atoms with van der Waals surface area (Å²) in [4.78, 5) is 0. The molecule has 0 saturated heterocycles. The van der Waals surface area contributed by atoms with Crippen molar-refractivity contribution < 1.29 is 0 Å². The van der Waals surface area contributed by atoms with Crippen molar-refractivity contribution in [3.05, 3.63) is 12.2 Å². The Morgan fingerprint density at radius 1 is 0.700 bits per heavy atom. The van der Waals surface area contributed by atoms with Crippen molar-refractivity contribution in [1.82, 2.24) is 0 Å². The third-order valence-electron chi connectivity index (χ3n) is 7.99. The van der Waals surface area contributed by atoms with E-state index in [-0.39, 0.29) is 0 Å². The summed E-state index contributed by atoms with van der Waals surface area (Å²) in [6, 6.07) is 0. The third-order valence-corrected chi connectivity index (χ3v) is 7.99. The van der Waals surface area contributed by atoms with E-state index in [0.717, 1.165) is 29.6 Å². The van der Waals surface area contributed by atoms with Gasteiger partial charge < -0.3 is 0 Å². The van der Waals surface area contributed by atoms with Gasteiger partial charge in [-0.3, -0.25) is 0 Å². The summed E-state index contributed by atoms with van der Waals surface area (Å²) >= 11 is 0. The lowest BCUT2D eigenvalue weighted by atomic mass is 9.72. The van der Waals surface area contributed by atoms with E-state index in [9.17, 15) is 0 Å². The Morgan fingerprint density at radius 3 is 1.83 bits per heavy atom. The molecule has 0 amide bonds. The highest BCUT2D eigenvalue weighted by molar-refractivity contribution is 4.87. The first-order chi connectivity index (χ1) is 14.0. The zero-order chi connectivity index (χ0) is 23.2. The van der Waals surface area contributed by atoms with E-state index in [2.05, 4.69) is 68.9 Å². The molecule has 0 heteroatoms. The van der Waals surface area contributed by atoms with Crippen molar-refractivity contribution in [3.8, 4) is 0 Å². The van der Waals surface area contributed by atoms with E-state index in [1.54, 1.807) is 0 Å². The molecule has 0 aliphatic heterocycles. The van der Waals surface area contributed by atoms with Crippen molar-refractivity contribution in [2.45, 2.75) is 146 Å². The van der Waals surface area contributed by atoms with Crippen LogP contribution in [-0.4, -0.2) is 0 Å². The van der Waals surface area contributed by atoms with Crippen LogP contribution in [0.15, 0.2) is 12.2 Å². The first kappa shape index (κ1) is 29.7. The maximum Gasteiger partial charge on any atom is -0.0326 e. The van der Waals surface area contributed by atoms with Crippen LogP contribution in [0.25, 0.3) is 0 Å². The summed E-state index contributed by atoms with van der Waals surface area (Å²) in [5.74, 6) is 4.41. The molecule has 0 heterocycles. The van der Waals surface area contributed by atoms with E-state index >= 15 is 0 Å². The Morgan fingerprint density at radius 2 is 1.23 bits per heavy atom. The molecule has 0 fully saturated rings. The van der Waals surface area contributed by atoms with Crippen LogP contribution in [0.5, 0.6) is 0 Å². The molecule has 0 aromatic carbocycles. The maximum absolute atomic E-state index is 4.04. The molecule has 5 atom stereocenters. The summed E-state index contributed by atoms with van der Waals surface area (Å²) in [6.45, 7) is 25.9. The molecular formula is C30H60. The van der Waals surface area contributed by atoms with Crippen LogP contribution < -0.4 is 0 Å². The van der Waals surface area contributed by atoms with Gasteiger partial charge in [0.25, 0.3) is 0 Å². The summed E-state index contributed by atoms with van der Waals surface area (Å²) in [7, 11) is 0. The standard InChI is InChI=1S/C30H60/c1-11-14-27(6)23-28(7)20-19-25(4)17-13-18-29(8)30(9,10)22-21-26(5)16-12-15-24(2)3/h25-29H,2,11-23H2,1,3-10H3. The molecule has 0 aliphatic carbocycles. The summed E-state index contributed by atoms with van der Waals surface area (Å²) in [5.41, 5.74) is 1.82. The minimum absolute atomic E-state index is 0.482. The molecule has 0 rings (SSSR count). The van der Waals surface area contributed by atoms with Gasteiger partial charge in [0.2, 0.25) is 0 Å². The topological polar surface area (TPSA) is 0 Å². The molecule has 0 spiro atoms. The molecule has 0 aliphatic rings. The Labute approximate surface area is 193 Å². The van der Waals surface area contributed by atoms with Gasteiger partial charge in [-0.05, 0) is 67.6 Å². The van der Waals surface area contributed by atoms with Crippen LogP contribution >= 0.6 is 0 Å². The fourth-order valence-electron chi connectivity index (χ4n) is 5.05. The molecule has 180 valence electrons. The fourth-order valence-corrected chi connectivity index (χ4v) is 5.05. The summed E-state index contributed by atoms with van der Waals surface area (Å²) in [6.07, 6.45) is 17.9. The van der Waals surface area contributed by atoms with E-state index in [0.29, 0.717) is 5.41 Å². The van der Waals surface area contributed by atoms with Crippen LogP contribution in [0.1, 0.15) is 146 Å². The normalized spacial score (nSPS) is 17.4. The SMILES string of the molecule is C=C(C)CCCC(C)CCC(C)(C)C(C)CCCC(C)CCC(C)CC(C)CCC. The molecule has 5 unspecified atom stereocenters. The Hall–Kier alpha value is -0.260. The smallest absolute Gasteiger partial charge is 0.0326 e. The second-order valence-electron chi connectivity index (χ2n) is 12.2. The van der Waals surface area contributed by atoms with Gasteiger partial charge in [-0.1, -0.05) is 119 Å². The molecular weight excluding hydrogens is 360 g/mol. The highest BCUT2D eigenvalue weighted by atomic mass is 14.3. The maximum atomic E-state index is 4.04. The highest BCUT2D eigenvalue weighted by Crippen LogP contribution is 2.37. The van der Waals surface area contributed by atoms with Gasteiger partial charge in [0, 0.05) is 0 Å². The van der Waals surface area contributed by atoms with Gasteiger partial charge in [-0.15, -0.1) is 6.58 Å². The van der Waals surface area contributed by atoms with Crippen LogP contribution in [0.3, 0.4) is 0 Å². The molecule has 0 N–H and O–H groups in total. The summed E-state index contributed by atoms with van der Waals surface area (Å²) in [5, 5.41) is 0. The van der Waals surface area contributed by atoms with Crippen molar-refractivity contribution in [3.63, 3.8) is 0 Å². The van der Waals surface area contributed by atoms with Gasteiger partial charge >= 0.3 is 0 Å². The average molecular weight is 421 g/mol. The quantitative estimate of drug-likeness (QED) is 0.182. The fraction of sp³-hybridized carbons (Fsp3) is 0.933. The van der Waals surface area contributed by atoms with Crippen molar-refractivity contribution >= 4 is 0 Å². The zero-order valence-electron chi connectivity index (χ0n) is 22.8. The van der Waals surface area contributed by atoms with Gasteiger partial charge in [0.1, 0.15) is 0 Å². The van der Waals surface area contributed by atoms with Crippen LogP contribution in [-0.2, 0) is 0 Å². The minimum atomic E-state index is 0.482. The first-order valence-corrected chi connectivity index (χ1v) is 13.6. The number of hydrogen-bond donors (Lipinski definition) is 0. The van der Waals surface area contributed by atoms with Crippen molar-refractivity contribution in [2.75, 3.05) is 0 Å². The van der Waals surface area contributed by atoms with E-state index < -0.39 is 0 Å². The Bertz CT molecular complexity index is 418. The molecule has 0 aromatic heterocycles. The van der Waals surface area contributed by atoms with Crippen molar-refractivity contribution in [1.29, 1.82) is 0 Å². The second kappa shape index (κ2) is 16.4. The zero-order valence-corrected chi connectivity index (χ0v) is 22.8. The molecule has 0 radical (unpaired) electrons. The first-order valence-electron chi connectivity index (χ1n) is 13.6. The van der Waals surface area contributed by atoms with Gasteiger partial charge in [0.05, 0.1) is 0 Å². The predicted octanol–water partition coefficient (Wildman–Crippen LogP) is 10.9. The Kier molecular flexibility index (Phi) is 16.2.